The van der Waals surface area contributed by atoms with Crippen molar-refractivity contribution in [3.8, 4) is 28.4 Å². The van der Waals surface area contributed by atoms with Crippen molar-refractivity contribution in [1.29, 1.82) is 0 Å². The van der Waals surface area contributed by atoms with Crippen LogP contribution in [0.4, 0.5) is 0 Å². The molecule has 31 heavy (non-hydrogen) atoms. The zero-order valence-corrected chi connectivity index (χ0v) is 19.6. The molecule has 3 aromatic carbocycles. The van der Waals surface area contributed by atoms with Crippen LogP contribution >= 0.6 is 30.8 Å². The molecule has 1 N–H and O–H groups in total. The summed E-state index contributed by atoms with van der Waals surface area (Å²) in [5.41, 5.74) is 2.08. The molecule has 0 amide bonds. The SMILES string of the molecule is CCOP(=O)(Cc1cc(Cl)c(Oc2ccc(O)c(-c3ccccc3)c2)c(Cl)c1)OCC. The van der Waals surface area contributed by atoms with E-state index in [-0.39, 0.29) is 40.9 Å². The van der Waals surface area contributed by atoms with Crippen LogP contribution in [-0.2, 0) is 19.8 Å². The predicted molar refractivity (Wildman–Crippen MR) is 125 cm³/mol. The van der Waals surface area contributed by atoms with Crippen molar-refractivity contribution in [3.63, 3.8) is 0 Å². The van der Waals surface area contributed by atoms with Gasteiger partial charge in [-0.05, 0) is 55.3 Å². The highest BCUT2D eigenvalue weighted by Gasteiger charge is 2.25. The van der Waals surface area contributed by atoms with Crippen LogP contribution in [0.1, 0.15) is 19.4 Å². The third-order valence-electron chi connectivity index (χ3n) is 4.36. The van der Waals surface area contributed by atoms with E-state index in [2.05, 4.69) is 0 Å². The Bertz CT molecular complexity index is 1060. The lowest BCUT2D eigenvalue weighted by atomic mass is 10.0. The van der Waals surface area contributed by atoms with Gasteiger partial charge in [-0.1, -0.05) is 53.5 Å². The molecule has 0 bridgehead atoms. The Balaban J connectivity index is 1.87. The Morgan fingerprint density at radius 3 is 2.10 bits per heavy atom. The second-order valence-corrected chi connectivity index (χ2v) is 9.51. The fourth-order valence-corrected chi connectivity index (χ4v) is 5.38. The van der Waals surface area contributed by atoms with Crippen molar-refractivity contribution in [2.45, 2.75) is 20.0 Å². The van der Waals surface area contributed by atoms with E-state index in [9.17, 15) is 9.67 Å². The van der Waals surface area contributed by atoms with Crippen LogP contribution < -0.4 is 4.74 Å². The fraction of sp³-hybridized carbons (Fsp3) is 0.217. The Hall–Kier alpha value is -2.01. The van der Waals surface area contributed by atoms with Gasteiger partial charge in [0.15, 0.2) is 5.75 Å². The quantitative estimate of drug-likeness (QED) is 0.315. The van der Waals surface area contributed by atoms with Crippen LogP contribution in [0.25, 0.3) is 11.1 Å². The minimum atomic E-state index is -3.29. The van der Waals surface area contributed by atoms with Gasteiger partial charge >= 0.3 is 7.60 Å². The number of benzene rings is 3. The third kappa shape index (κ3) is 6.03. The first kappa shape index (κ1) is 23.6. The molecule has 0 heterocycles. The molecule has 0 unspecified atom stereocenters. The van der Waals surface area contributed by atoms with Crippen molar-refractivity contribution in [2.24, 2.45) is 0 Å². The van der Waals surface area contributed by atoms with Crippen molar-refractivity contribution in [2.75, 3.05) is 13.2 Å². The van der Waals surface area contributed by atoms with Crippen LogP contribution in [-0.4, -0.2) is 18.3 Å². The molecule has 0 spiro atoms. The van der Waals surface area contributed by atoms with Gasteiger partial charge in [0.25, 0.3) is 0 Å². The molecule has 0 aromatic heterocycles. The third-order valence-corrected chi connectivity index (χ3v) is 6.98. The zero-order valence-electron chi connectivity index (χ0n) is 17.2. The highest BCUT2D eigenvalue weighted by atomic mass is 35.5. The predicted octanol–water partition coefficient (Wildman–Crippen LogP) is 7.92. The number of hydrogen-bond acceptors (Lipinski definition) is 5. The molecule has 8 heteroatoms. The topological polar surface area (TPSA) is 65.0 Å². The van der Waals surface area contributed by atoms with Gasteiger partial charge in [-0.15, -0.1) is 0 Å². The largest absolute Gasteiger partial charge is 0.507 e. The summed E-state index contributed by atoms with van der Waals surface area (Å²) < 4.78 is 29.4. The van der Waals surface area contributed by atoms with Crippen molar-refractivity contribution >= 4 is 30.8 Å². The molecule has 5 nitrogen and oxygen atoms in total. The maximum Gasteiger partial charge on any atom is 0.335 e. The van der Waals surface area contributed by atoms with Gasteiger partial charge in [0.05, 0.1) is 29.4 Å². The molecule has 0 atom stereocenters. The highest BCUT2D eigenvalue weighted by Crippen LogP contribution is 2.52. The second kappa shape index (κ2) is 10.5. The van der Waals surface area contributed by atoms with Crippen LogP contribution in [0, 0.1) is 0 Å². The van der Waals surface area contributed by atoms with E-state index < -0.39 is 7.60 Å². The van der Waals surface area contributed by atoms with Crippen molar-refractivity contribution in [3.05, 3.63) is 76.3 Å². The summed E-state index contributed by atoms with van der Waals surface area (Å²) in [4.78, 5) is 0. The molecule has 0 fully saturated rings. The number of halogens is 2. The molecule has 0 radical (unpaired) electrons. The number of phenolic OH excluding ortho intramolecular Hbond substituents is 1. The summed E-state index contributed by atoms with van der Waals surface area (Å²) in [5, 5.41) is 10.8. The molecule has 0 aliphatic rings. The maximum absolute atomic E-state index is 12.8. The van der Waals surface area contributed by atoms with Gasteiger partial charge in [0.1, 0.15) is 11.5 Å². The summed E-state index contributed by atoms with van der Waals surface area (Å²) in [6, 6.07) is 17.6. The highest BCUT2D eigenvalue weighted by molar-refractivity contribution is 7.53. The normalized spacial score (nSPS) is 11.5. The molecule has 0 saturated carbocycles. The fourth-order valence-electron chi connectivity index (χ4n) is 3.09. The molecule has 3 rings (SSSR count). The lowest BCUT2D eigenvalue weighted by Gasteiger charge is -2.18. The Morgan fingerprint density at radius 1 is 0.903 bits per heavy atom. The summed E-state index contributed by atoms with van der Waals surface area (Å²) in [7, 11) is -3.29. The van der Waals surface area contributed by atoms with Gasteiger partial charge in [0.2, 0.25) is 0 Å². The summed E-state index contributed by atoms with van der Waals surface area (Å²) in [6.07, 6.45) is 0.0474. The molecule has 3 aromatic rings. The summed E-state index contributed by atoms with van der Waals surface area (Å²) in [5.74, 6) is 0.857. The Morgan fingerprint density at radius 2 is 1.52 bits per heavy atom. The second-order valence-electron chi connectivity index (χ2n) is 6.64. The molecule has 164 valence electrons. The number of phenols is 1. The standard InChI is InChI=1S/C23H23Cl2O5P/c1-3-28-31(27,29-4-2)15-16-12-20(24)23(21(25)13-16)30-18-10-11-22(26)19(14-18)17-8-6-5-7-9-17/h5-14,26H,3-4,15H2,1-2H3. The smallest absolute Gasteiger partial charge is 0.335 e. The van der Waals surface area contributed by atoms with E-state index >= 15 is 0 Å². The molecule has 0 aliphatic heterocycles. The lowest BCUT2D eigenvalue weighted by Crippen LogP contribution is -1.99. The average Bonchev–Trinajstić information content (AvgIpc) is 2.72. The van der Waals surface area contributed by atoms with Crippen LogP contribution in [0.2, 0.25) is 10.0 Å². The minimum absolute atomic E-state index is 0.0474. The van der Waals surface area contributed by atoms with E-state index in [1.54, 1.807) is 44.2 Å². The number of ether oxygens (including phenoxy) is 1. The van der Waals surface area contributed by atoms with Crippen LogP contribution in [0.5, 0.6) is 17.2 Å². The van der Waals surface area contributed by atoms with E-state index in [1.807, 2.05) is 30.3 Å². The lowest BCUT2D eigenvalue weighted by molar-refractivity contribution is 0.219. The Labute approximate surface area is 192 Å². The van der Waals surface area contributed by atoms with E-state index in [1.165, 1.54) is 0 Å². The first-order valence-electron chi connectivity index (χ1n) is 9.77. The van der Waals surface area contributed by atoms with Gasteiger partial charge in [0, 0.05) is 5.56 Å². The van der Waals surface area contributed by atoms with Gasteiger partial charge in [-0.25, -0.2) is 0 Å². The minimum Gasteiger partial charge on any atom is -0.507 e. The van der Waals surface area contributed by atoms with Gasteiger partial charge < -0.3 is 18.9 Å². The van der Waals surface area contributed by atoms with E-state index in [0.717, 1.165) is 5.56 Å². The van der Waals surface area contributed by atoms with Gasteiger partial charge in [-0.2, -0.15) is 0 Å². The van der Waals surface area contributed by atoms with Crippen LogP contribution in [0.3, 0.4) is 0 Å². The molecular formula is C23H23Cl2O5P. The van der Waals surface area contributed by atoms with Crippen molar-refractivity contribution < 1.29 is 23.5 Å². The molecule has 0 aliphatic carbocycles. The Kier molecular flexibility index (Phi) is 8.04. The van der Waals surface area contributed by atoms with E-state index in [4.69, 9.17) is 37.0 Å². The average molecular weight is 481 g/mol. The number of hydrogen-bond donors (Lipinski definition) is 1. The summed E-state index contributed by atoms with van der Waals surface area (Å²) in [6.45, 7) is 4.04. The van der Waals surface area contributed by atoms with Crippen LogP contribution in [0.15, 0.2) is 60.7 Å². The summed E-state index contributed by atoms with van der Waals surface area (Å²) >= 11 is 12.9. The van der Waals surface area contributed by atoms with Gasteiger partial charge in [-0.3, -0.25) is 4.57 Å². The monoisotopic (exact) mass is 480 g/mol. The first-order valence-corrected chi connectivity index (χ1v) is 12.3. The zero-order chi connectivity index (χ0) is 22.4. The molecule has 0 saturated heterocycles. The van der Waals surface area contributed by atoms with E-state index in [0.29, 0.717) is 16.9 Å². The maximum atomic E-state index is 12.8. The first-order chi connectivity index (χ1) is 14.8. The molecular weight excluding hydrogens is 458 g/mol. The number of rotatable bonds is 9. The van der Waals surface area contributed by atoms with Crippen molar-refractivity contribution in [1.82, 2.24) is 0 Å². The number of aromatic hydroxyl groups is 1.